The van der Waals surface area contributed by atoms with Gasteiger partial charge in [-0.2, -0.15) is 0 Å². The van der Waals surface area contributed by atoms with Crippen LogP contribution in [0, 0.1) is 5.82 Å². The molecule has 1 rings (SSSR count). The molecule has 0 saturated carbocycles. The van der Waals surface area contributed by atoms with Gasteiger partial charge < -0.3 is 15.5 Å². The predicted molar refractivity (Wildman–Crippen MR) is 52.6 cm³/mol. The molecule has 0 fully saturated rings. The first-order valence-electron chi connectivity index (χ1n) is 4.47. The lowest BCUT2D eigenvalue weighted by Crippen LogP contribution is -2.06. The number of halogens is 1. The summed E-state index contributed by atoms with van der Waals surface area (Å²) < 4.78 is 13.1. The van der Waals surface area contributed by atoms with Crippen molar-refractivity contribution in [2.45, 2.75) is 13.0 Å². The van der Waals surface area contributed by atoms with E-state index in [4.69, 9.17) is 5.11 Å². The van der Waals surface area contributed by atoms with E-state index in [-0.39, 0.29) is 12.2 Å². The third kappa shape index (κ3) is 2.68. The fourth-order valence-electron chi connectivity index (χ4n) is 1.17. The molecule has 78 valence electrons. The minimum Gasteiger partial charge on any atom is -0.395 e. The molecule has 0 amide bonds. The van der Waals surface area contributed by atoms with Crippen LogP contribution in [0.1, 0.15) is 18.6 Å². The monoisotopic (exact) mass is 199 g/mol. The largest absolute Gasteiger partial charge is 0.395 e. The first-order chi connectivity index (χ1) is 6.65. The summed E-state index contributed by atoms with van der Waals surface area (Å²) in [6.45, 7) is 1.93. The van der Waals surface area contributed by atoms with Gasteiger partial charge in [0.05, 0.1) is 12.7 Å². The first-order valence-corrected chi connectivity index (χ1v) is 4.47. The highest BCUT2D eigenvalue weighted by Gasteiger charge is 2.08. The zero-order chi connectivity index (χ0) is 10.6. The van der Waals surface area contributed by atoms with Crippen molar-refractivity contribution in [1.82, 2.24) is 0 Å². The molecule has 3 N–H and O–H groups in total. The molecule has 0 heterocycles. The van der Waals surface area contributed by atoms with Crippen LogP contribution in [0.15, 0.2) is 18.2 Å². The summed E-state index contributed by atoms with van der Waals surface area (Å²) >= 11 is 0. The van der Waals surface area contributed by atoms with Crippen molar-refractivity contribution in [3.05, 3.63) is 29.6 Å². The molecule has 0 aliphatic rings. The lowest BCUT2D eigenvalue weighted by molar-refractivity contribution is 0.194. The van der Waals surface area contributed by atoms with Crippen molar-refractivity contribution in [2.24, 2.45) is 0 Å². The zero-order valence-electron chi connectivity index (χ0n) is 8.00. The topological polar surface area (TPSA) is 52.5 Å². The Balaban J connectivity index is 2.83. The van der Waals surface area contributed by atoms with E-state index in [9.17, 15) is 9.50 Å². The molecule has 1 aromatic rings. The van der Waals surface area contributed by atoms with E-state index in [1.165, 1.54) is 19.1 Å². The molecular formula is C10H14FNO2. The lowest BCUT2D eigenvalue weighted by Gasteiger charge is -2.10. The van der Waals surface area contributed by atoms with E-state index in [1.807, 2.05) is 0 Å². The lowest BCUT2D eigenvalue weighted by atomic mass is 10.1. The Kier molecular flexibility index (Phi) is 3.85. The zero-order valence-corrected chi connectivity index (χ0v) is 8.00. The molecular weight excluding hydrogens is 185 g/mol. The molecule has 1 atom stereocenters. The summed E-state index contributed by atoms with van der Waals surface area (Å²) in [6, 6.07) is 4.40. The highest BCUT2D eigenvalue weighted by atomic mass is 19.1. The summed E-state index contributed by atoms with van der Waals surface area (Å²) in [6.07, 6.45) is -0.828. The van der Waals surface area contributed by atoms with Crippen molar-refractivity contribution < 1.29 is 14.6 Å². The van der Waals surface area contributed by atoms with Crippen LogP contribution >= 0.6 is 0 Å². The van der Waals surface area contributed by atoms with Crippen LogP contribution in [0.25, 0.3) is 0 Å². The number of rotatable bonds is 4. The molecule has 0 aromatic heterocycles. The van der Waals surface area contributed by atoms with Crippen molar-refractivity contribution >= 4 is 5.69 Å². The average Bonchev–Trinajstić information content (AvgIpc) is 2.16. The number of anilines is 1. The Morgan fingerprint density at radius 2 is 2.21 bits per heavy atom. The molecule has 0 saturated heterocycles. The molecule has 1 unspecified atom stereocenters. The van der Waals surface area contributed by atoms with Crippen LogP contribution < -0.4 is 5.32 Å². The SMILES string of the molecule is CC(O)c1cc(NCCO)ccc1F. The number of hydrogen-bond donors (Lipinski definition) is 3. The fourth-order valence-corrected chi connectivity index (χ4v) is 1.17. The predicted octanol–water partition coefficient (Wildman–Crippen LogP) is 1.28. The summed E-state index contributed by atoms with van der Waals surface area (Å²) in [5, 5.41) is 20.7. The average molecular weight is 199 g/mol. The van der Waals surface area contributed by atoms with Crippen LogP contribution in [0.2, 0.25) is 0 Å². The van der Waals surface area contributed by atoms with Gasteiger partial charge in [-0.3, -0.25) is 0 Å². The van der Waals surface area contributed by atoms with Crippen molar-refractivity contribution in [3.63, 3.8) is 0 Å². The number of hydrogen-bond acceptors (Lipinski definition) is 3. The van der Waals surface area contributed by atoms with Crippen LogP contribution in [0.5, 0.6) is 0 Å². The Labute approximate surface area is 82.2 Å². The van der Waals surface area contributed by atoms with Crippen LogP contribution in [-0.2, 0) is 0 Å². The molecule has 4 heteroatoms. The van der Waals surface area contributed by atoms with E-state index >= 15 is 0 Å². The molecule has 0 bridgehead atoms. The molecule has 3 nitrogen and oxygen atoms in total. The fraction of sp³-hybridized carbons (Fsp3) is 0.400. The Morgan fingerprint density at radius 1 is 1.50 bits per heavy atom. The van der Waals surface area contributed by atoms with Gasteiger partial charge >= 0.3 is 0 Å². The Hall–Kier alpha value is -1.13. The smallest absolute Gasteiger partial charge is 0.129 e. The normalized spacial score (nSPS) is 12.6. The summed E-state index contributed by atoms with van der Waals surface area (Å²) in [5.74, 6) is -0.422. The van der Waals surface area contributed by atoms with E-state index in [0.29, 0.717) is 12.2 Å². The second kappa shape index (κ2) is 4.93. The van der Waals surface area contributed by atoms with Crippen LogP contribution in [-0.4, -0.2) is 23.4 Å². The maximum Gasteiger partial charge on any atom is 0.129 e. The molecule has 0 aliphatic carbocycles. The minimum atomic E-state index is -0.828. The number of aliphatic hydroxyl groups excluding tert-OH is 2. The second-order valence-electron chi connectivity index (χ2n) is 3.06. The molecule has 14 heavy (non-hydrogen) atoms. The van der Waals surface area contributed by atoms with Gasteiger partial charge in [-0.05, 0) is 25.1 Å². The van der Waals surface area contributed by atoms with E-state index in [0.717, 1.165) is 0 Å². The van der Waals surface area contributed by atoms with Crippen molar-refractivity contribution in [3.8, 4) is 0 Å². The number of aliphatic hydroxyl groups is 2. The standard InChI is InChI=1S/C10H14FNO2/c1-7(14)9-6-8(12-4-5-13)2-3-10(9)11/h2-3,6-7,12-14H,4-5H2,1H3. The summed E-state index contributed by atoms with van der Waals surface area (Å²) in [5.41, 5.74) is 0.948. The van der Waals surface area contributed by atoms with E-state index in [1.54, 1.807) is 6.07 Å². The van der Waals surface area contributed by atoms with Gasteiger partial charge in [0.25, 0.3) is 0 Å². The summed E-state index contributed by atoms with van der Waals surface area (Å²) in [4.78, 5) is 0. The maximum atomic E-state index is 13.1. The molecule has 0 radical (unpaired) electrons. The van der Waals surface area contributed by atoms with Gasteiger partial charge in [-0.15, -0.1) is 0 Å². The number of nitrogens with one attached hydrogen (secondary N) is 1. The third-order valence-electron chi connectivity index (χ3n) is 1.89. The van der Waals surface area contributed by atoms with Crippen LogP contribution in [0.3, 0.4) is 0 Å². The third-order valence-corrected chi connectivity index (χ3v) is 1.89. The molecule has 0 spiro atoms. The minimum absolute atomic E-state index is 0.0153. The van der Waals surface area contributed by atoms with E-state index in [2.05, 4.69) is 5.32 Å². The number of benzene rings is 1. The van der Waals surface area contributed by atoms with Gasteiger partial charge in [0.1, 0.15) is 5.82 Å². The van der Waals surface area contributed by atoms with Gasteiger partial charge in [-0.25, -0.2) is 4.39 Å². The maximum absolute atomic E-state index is 13.1. The quantitative estimate of drug-likeness (QED) is 0.684. The summed E-state index contributed by atoms with van der Waals surface area (Å²) in [7, 11) is 0. The van der Waals surface area contributed by atoms with Crippen molar-refractivity contribution in [2.75, 3.05) is 18.5 Å². The highest BCUT2D eigenvalue weighted by molar-refractivity contribution is 5.46. The van der Waals surface area contributed by atoms with Gasteiger partial charge in [0.2, 0.25) is 0 Å². The van der Waals surface area contributed by atoms with Gasteiger partial charge in [-0.1, -0.05) is 0 Å². The van der Waals surface area contributed by atoms with Crippen molar-refractivity contribution in [1.29, 1.82) is 0 Å². The van der Waals surface area contributed by atoms with Gasteiger partial charge in [0, 0.05) is 17.8 Å². The molecule has 1 aromatic carbocycles. The Morgan fingerprint density at radius 3 is 2.79 bits per heavy atom. The highest BCUT2D eigenvalue weighted by Crippen LogP contribution is 2.20. The molecule has 0 aliphatic heterocycles. The Bertz CT molecular complexity index is 302. The van der Waals surface area contributed by atoms with Crippen LogP contribution in [0.4, 0.5) is 10.1 Å². The first kappa shape index (κ1) is 10.9. The van der Waals surface area contributed by atoms with E-state index < -0.39 is 11.9 Å². The van der Waals surface area contributed by atoms with Gasteiger partial charge in [0.15, 0.2) is 0 Å². The second-order valence-corrected chi connectivity index (χ2v) is 3.06.